The standard InChI is InChI=1S/C22H20N4/c1-15-2-10-19(11-3-15)26-21-12-9-18(24)14-20(21)25-22(26)13-6-16-4-7-17(23)8-5-16/h2-14H,24H2,1H3,(H2,23,25)/p+1. The molecule has 4 nitrogen and oxygen atoms in total. The maximum absolute atomic E-state index is 5.96. The molecule has 0 fully saturated rings. The normalized spacial score (nSPS) is 11.4. The highest BCUT2D eigenvalue weighted by atomic mass is 15.1. The largest absolute Gasteiger partial charge is 0.399 e. The lowest BCUT2D eigenvalue weighted by Gasteiger charge is -2.01. The molecule has 0 saturated carbocycles. The molecular formula is C22H21N4+. The first-order chi connectivity index (χ1) is 12.6. The molecule has 3 aromatic carbocycles. The number of benzene rings is 3. The molecular weight excluding hydrogens is 320 g/mol. The minimum atomic E-state index is 0.740. The Morgan fingerprint density at radius 2 is 1.50 bits per heavy atom. The van der Waals surface area contributed by atoms with Gasteiger partial charge in [-0.15, -0.1) is 0 Å². The van der Waals surface area contributed by atoms with E-state index in [9.17, 15) is 0 Å². The summed E-state index contributed by atoms with van der Waals surface area (Å²) in [6, 6.07) is 22.2. The molecule has 0 bridgehead atoms. The molecule has 1 aromatic heterocycles. The van der Waals surface area contributed by atoms with Gasteiger partial charge < -0.3 is 11.5 Å². The van der Waals surface area contributed by atoms with Crippen molar-refractivity contribution in [1.29, 1.82) is 0 Å². The smallest absolute Gasteiger partial charge is 0.285 e. The molecule has 1 heterocycles. The summed E-state index contributed by atoms with van der Waals surface area (Å²) in [4.78, 5) is 3.47. The predicted molar refractivity (Wildman–Crippen MR) is 109 cm³/mol. The number of aryl methyl sites for hydroxylation is 1. The Labute approximate surface area is 152 Å². The van der Waals surface area contributed by atoms with Crippen molar-refractivity contribution < 1.29 is 4.57 Å². The quantitative estimate of drug-likeness (QED) is 0.388. The molecule has 5 N–H and O–H groups in total. The molecule has 0 atom stereocenters. The van der Waals surface area contributed by atoms with Crippen molar-refractivity contribution in [1.82, 2.24) is 4.98 Å². The van der Waals surface area contributed by atoms with Crippen molar-refractivity contribution in [2.45, 2.75) is 6.92 Å². The highest BCUT2D eigenvalue weighted by Crippen LogP contribution is 2.18. The van der Waals surface area contributed by atoms with E-state index in [1.54, 1.807) is 0 Å². The number of aromatic nitrogens is 2. The summed E-state index contributed by atoms with van der Waals surface area (Å²) in [7, 11) is 0. The van der Waals surface area contributed by atoms with Crippen LogP contribution >= 0.6 is 0 Å². The zero-order valence-electron chi connectivity index (χ0n) is 14.6. The average Bonchev–Trinajstić information content (AvgIpc) is 2.99. The van der Waals surface area contributed by atoms with Crippen LogP contribution in [-0.2, 0) is 0 Å². The summed E-state index contributed by atoms with van der Waals surface area (Å²) in [5.41, 5.74) is 18.7. The Kier molecular flexibility index (Phi) is 3.93. The van der Waals surface area contributed by atoms with Gasteiger partial charge in [0.15, 0.2) is 11.0 Å². The van der Waals surface area contributed by atoms with Gasteiger partial charge in [0, 0.05) is 23.5 Å². The molecule has 0 saturated heterocycles. The Morgan fingerprint density at radius 1 is 0.808 bits per heavy atom. The number of nitrogens with zero attached hydrogens (tertiary/aromatic N) is 1. The van der Waals surface area contributed by atoms with E-state index in [0.717, 1.165) is 39.5 Å². The summed E-state index contributed by atoms with van der Waals surface area (Å²) in [6.45, 7) is 2.09. The van der Waals surface area contributed by atoms with Crippen LogP contribution in [0, 0.1) is 6.92 Å². The van der Waals surface area contributed by atoms with E-state index in [1.165, 1.54) is 5.56 Å². The van der Waals surface area contributed by atoms with Crippen molar-refractivity contribution in [3.05, 3.63) is 83.7 Å². The van der Waals surface area contributed by atoms with Gasteiger partial charge in [-0.25, -0.2) is 4.98 Å². The lowest BCUT2D eigenvalue weighted by Crippen LogP contribution is -2.32. The van der Waals surface area contributed by atoms with Crippen molar-refractivity contribution in [3.63, 3.8) is 0 Å². The number of imidazole rings is 1. The molecule has 4 aromatic rings. The van der Waals surface area contributed by atoms with Crippen LogP contribution < -0.4 is 16.0 Å². The summed E-state index contributed by atoms with van der Waals surface area (Å²) < 4.78 is 2.20. The van der Waals surface area contributed by atoms with E-state index in [1.807, 2.05) is 42.5 Å². The van der Waals surface area contributed by atoms with Gasteiger partial charge in [0.25, 0.3) is 5.82 Å². The van der Waals surface area contributed by atoms with Gasteiger partial charge in [-0.3, -0.25) is 0 Å². The number of hydrogen-bond acceptors (Lipinski definition) is 2. The lowest BCUT2D eigenvalue weighted by molar-refractivity contribution is -0.569. The molecule has 4 heteroatoms. The maximum atomic E-state index is 5.96. The van der Waals surface area contributed by atoms with Gasteiger partial charge >= 0.3 is 0 Å². The molecule has 0 aliphatic rings. The molecule has 0 aliphatic carbocycles. The summed E-state index contributed by atoms with van der Waals surface area (Å²) in [6.07, 6.45) is 4.14. The van der Waals surface area contributed by atoms with Crippen molar-refractivity contribution in [3.8, 4) is 5.69 Å². The third-order valence-corrected chi connectivity index (χ3v) is 4.43. The molecule has 4 rings (SSSR count). The molecule has 0 aliphatic heterocycles. The number of rotatable bonds is 3. The fourth-order valence-corrected chi connectivity index (χ4v) is 3.04. The second kappa shape index (κ2) is 6.41. The number of nitrogens with two attached hydrogens (primary N) is 2. The predicted octanol–water partition coefficient (Wildman–Crippen LogP) is 4.09. The van der Waals surface area contributed by atoms with Crippen molar-refractivity contribution in [2.75, 3.05) is 11.5 Å². The molecule has 0 amide bonds. The molecule has 128 valence electrons. The van der Waals surface area contributed by atoms with Crippen LogP contribution in [0.15, 0.2) is 66.7 Å². The topological polar surface area (TPSA) is 71.7 Å². The van der Waals surface area contributed by atoms with Crippen LogP contribution in [0.4, 0.5) is 11.4 Å². The number of fused-ring (bicyclic) bond motifs is 1. The number of anilines is 2. The number of nitrogen functional groups attached to an aromatic ring is 2. The van der Waals surface area contributed by atoms with Crippen LogP contribution in [0.25, 0.3) is 28.9 Å². The van der Waals surface area contributed by atoms with Crippen LogP contribution in [-0.4, -0.2) is 4.98 Å². The fraction of sp³-hybridized carbons (Fsp3) is 0.0455. The number of aromatic amines is 1. The third-order valence-electron chi connectivity index (χ3n) is 4.43. The summed E-state index contributed by atoms with van der Waals surface area (Å²) in [5.74, 6) is 0.978. The first kappa shape index (κ1) is 16.0. The second-order valence-electron chi connectivity index (χ2n) is 6.46. The average molecular weight is 341 g/mol. The highest BCUT2D eigenvalue weighted by Gasteiger charge is 2.18. The maximum Gasteiger partial charge on any atom is 0.285 e. The van der Waals surface area contributed by atoms with Gasteiger partial charge in [-0.1, -0.05) is 29.8 Å². The van der Waals surface area contributed by atoms with Crippen LogP contribution in [0.2, 0.25) is 0 Å². The highest BCUT2D eigenvalue weighted by molar-refractivity contribution is 5.78. The fourth-order valence-electron chi connectivity index (χ4n) is 3.04. The summed E-state index contributed by atoms with van der Waals surface area (Å²) >= 11 is 0. The zero-order chi connectivity index (χ0) is 18.1. The van der Waals surface area contributed by atoms with E-state index >= 15 is 0 Å². The monoisotopic (exact) mass is 341 g/mol. The Morgan fingerprint density at radius 3 is 2.23 bits per heavy atom. The molecule has 0 spiro atoms. The number of hydrogen-bond donors (Lipinski definition) is 3. The Bertz CT molecular complexity index is 1090. The molecule has 0 radical (unpaired) electrons. The molecule has 0 unspecified atom stereocenters. The minimum absolute atomic E-state index is 0.740. The van der Waals surface area contributed by atoms with Gasteiger partial charge in [0.1, 0.15) is 5.69 Å². The van der Waals surface area contributed by atoms with Crippen molar-refractivity contribution in [2.24, 2.45) is 0 Å². The van der Waals surface area contributed by atoms with Crippen LogP contribution in [0.3, 0.4) is 0 Å². The van der Waals surface area contributed by atoms with E-state index in [4.69, 9.17) is 11.5 Å². The van der Waals surface area contributed by atoms with E-state index in [0.29, 0.717) is 0 Å². The molecule has 26 heavy (non-hydrogen) atoms. The number of H-pyrrole nitrogens is 1. The van der Waals surface area contributed by atoms with E-state index in [-0.39, 0.29) is 0 Å². The Hall–Kier alpha value is -3.53. The van der Waals surface area contributed by atoms with Crippen molar-refractivity contribution >= 4 is 34.6 Å². The van der Waals surface area contributed by atoms with E-state index in [2.05, 4.69) is 52.9 Å². The second-order valence-corrected chi connectivity index (χ2v) is 6.46. The third kappa shape index (κ3) is 3.05. The van der Waals surface area contributed by atoms with Gasteiger partial charge in [-0.2, -0.15) is 4.57 Å². The first-order valence-corrected chi connectivity index (χ1v) is 8.54. The van der Waals surface area contributed by atoms with Crippen LogP contribution in [0.1, 0.15) is 17.0 Å². The Balaban J connectivity index is 1.86. The lowest BCUT2D eigenvalue weighted by atomic mass is 10.2. The SMILES string of the molecule is Cc1ccc(-[n+]2c(C=Cc3ccc(N)cc3)[nH]c3cc(N)ccc32)cc1. The van der Waals surface area contributed by atoms with Gasteiger partial charge in [0.05, 0.1) is 0 Å². The van der Waals surface area contributed by atoms with Crippen LogP contribution in [0.5, 0.6) is 0 Å². The first-order valence-electron chi connectivity index (χ1n) is 8.54. The minimum Gasteiger partial charge on any atom is -0.399 e. The zero-order valence-corrected chi connectivity index (χ0v) is 14.6. The summed E-state index contributed by atoms with van der Waals surface area (Å²) in [5, 5.41) is 0. The van der Waals surface area contributed by atoms with Gasteiger partial charge in [0.2, 0.25) is 0 Å². The van der Waals surface area contributed by atoms with E-state index < -0.39 is 0 Å². The van der Waals surface area contributed by atoms with Gasteiger partial charge in [-0.05, 0) is 55.0 Å². The number of nitrogens with one attached hydrogen (secondary N) is 1.